The second-order valence-electron chi connectivity index (χ2n) is 5.13. The van der Waals surface area contributed by atoms with Gasteiger partial charge in [0.05, 0.1) is 6.54 Å². The van der Waals surface area contributed by atoms with Crippen molar-refractivity contribution < 1.29 is 9.59 Å². The molecule has 0 heterocycles. The quantitative estimate of drug-likeness (QED) is 0.723. The summed E-state index contributed by atoms with van der Waals surface area (Å²) < 4.78 is 0. The molecule has 1 aliphatic rings. The van der Waals surface area contributed by atoms with Gasteiger partial charge >= 0.3 is 0 Å². The first-order chi connectivity index (χ1) is 8.58. The normalized spacial score (nSPS) is 23.7. The summed E-state index contributed by atoms with van der Waals surface area (Å²) in [6.07, 6.45) is 5.07. The Morgan fingerprint density at radius 2 is 2.06 bits per heavy atom. The molecular weight excluding hydrogens is 230 g/mol. The first-order valence-corrected chi connectivity index (χ1v) is 6.85. The summed E-state index contributed by atoms with van der Waals surface area (Å²) in [7, 11) is 0. The number of carbonyl (C=O) groups excluding carboxylic acids is 2. The molecule has 0 aromatic carbocycles. The zero-order chi connectivity index (χ0) is 13.5. The number of nitrogens with two attached hydrogens (primary N) is 2. The fraction of sp³-hybridized carbons (Fsp3) is 0.846. The molecule has 0 saturated heterocycles. The highest BCUT2D eigenvalue weighted by Crippen LogP contribution is 2.31. The zero-order valence-corrected chi connectivity index (χ0v) is 11.2. The molecule has 18 heavy (non-hydrogen) atoms. The molecule has 0 spiro atoms. The number of likely N-dealkylation sites (N-methyl/N-ethyl adjacent to an activating group) is 1. The minimum absolute atomic E-state index is 0.0351. The molecule has 1 fully saturated rings. The molecule has 5 nitrogen and oxygen atoms in total. The summed E-state index contributed by atoms with van der Waals surface area (Å²) in [4.78, 5) is 24.8. The molecule has 2 atom stereocenters. The van der Waals surface area contributed by atoms with Crippen molar-refractivity contribution in [3.8, 4) is 0 Å². The van der Waals surface area contributed by atoms with Gasteiger partial charge in [0.1, 0.15) is 0 Å². The molecule has 1 aliphatic carbocycles. The molecule has 0 aliphatic heterocycles. The van der Waals surface area contributed by atoms with Crippen molar-refractivity contribution in [3.05, 3.63) is 0 Å². The van der Waals surface area contributed by atoms with Crippen LogP contribution in [0.3, 0.4) is 0 Å². The molecule has 2 unspecified atom stereocenters. The van der Waals surface area contributed by atoms with Crippen LogP contribution in [0.1, 0.15) is 39.0 Å². The highest BCUT2D eigenvalue weighted by Gasteiger charge is 2.29. The Labute approximate surface area is 109 Å². The lowest BCUT2D eigenvalue weighted by molar-refractivity contribution is -0.139. The van der Waals surface area contributed by atoms with Crippen molar-refractivity contribution in [2.75, 3.05) is 19.6 Å². The van der Waals surface area contributed by atoms with Gasteiger partial charge < -0.3 is 16.4 Å². The van der Waals surface area contributed by atoms with Crippen molar-refractivity contribution in [3.63, 3.8) is 0 Å². The number of carbonyl (C=O) groups is 2. The Balaban J connectivity index is 2.55. The predicted molar refractivity (Wildman–Crippen MR) is 70.6 cm³/mol. The number of hydrogen-bond donors (Lipinski definition) is 2. The number of rotatable bonds is 6. The van der Waals surface area contributed by atoms with Crippen LogP contribution in [-0.2, 0) is 9.59 Å². The summed E-state index contributed by atoms with van der Waals surface area (Å²) in [6.45, 7) is 3.14. The van der Waals surface area contributed by atoms with Crippen LogP contribution in [0.25, 0.3) is 0 Å². The van der Waals surface area contributed by atoms with Gasteiger partial charge in [-0.3, -0.25) is 9.59 Å². The Morgan fingerprint density at radius 1 is 1.33 bits per heavy atom. The average Bonchev–Trinajstić information content (AvgIpc) is 2.35. The molecule has 1 saturated carbocycles. The second-order valence-corrected chi connectivity index (χ2v) is 5.13. The van der Waals surface area contributed by atoms with Crippen LogP contribution in [0, 0.1) is 11.8 Å². The summed E-state index contributed by atoms with van der Waals surface area (Å²) >= 11 is 0. The summed E-state index contributed by atoms with van der Waals surface area (Å²) in [5.41, 5.74) is 10.7. The Kier molecular flexibility index (Phi) is 6.12. The standard InChI is InChI=1S/C13H25N3O2/c1-2-16(9-12(15)17)13(18)11-5-3-4-10(8-11)6-7-14/h10-11H,2-9,14H2,1H3,(H2,15,17). The monoisotopic (exact) mass is 255 g/mol. The maximum Gasteiger partial charge on any atom is 0.237 e. The lowest BCUT2D eigenvalue weighted by Crippen LogP contribution is -2.42. The van der Waals surface area contributed by atoms with Crippen molar-refractivity contribution in [2.45, 2.75) is 39.0 Å². The van der Waals surface area contributed by atoms with E-state index in [4.69, 9.17) is 11.5 Å². The first kappa shape index (κ1) is 15.0. The van der Waals surface area contributed by atoms with E-state index in [0.717, 1.165) is 25.7 Å². The van der Waals surface area contributed by atoms with E-state index < -0.39 is 5.91 Å². The van der Waals surface area contributed by atoms with Crippen LogP contribution in [0.5, 0.6) is 0 Å². The Morgan fingerprint density at radius 3 is 2.61 bits per heavy atom. The van der Waals surface area contributed by atoms with Crippen LogP contribution in [0.2, 0.25) is 0 Å². The highest BCUT2D eigenvalue weighted by molar-refractivity contribution is 5.85. The van der Waals surface area contributed by atoms with Gasteiger partial charge in [-0.2, -0.15) is 0 Å². The summed E-state index contributed by atoms with van der Waals surface area (Å²) in [6, 6.07) is 0. The molecule has 0 bridgehead atoms. The van der Waals surface area contributed by atoms with Crippen LogP contribution < -0.4 is 11.5 Å². The van der Waals surface area contributed by atoms with Crippen LogP contribution in [0.15, 0.2) is 0 Å². The highest BCUT2D eigenvalue weighted by atomic mass is 16.2. The van der Waals surface area contributed by atoms with Gasteiger partial charge in [0, 0.05) is 12.5 Å². The number of amides is 2. The molecule has 4 N–H and O–H groups in total. The van der Waals surface area contributed by atoms with Crippen LogP contribution in [0.4, 0.5) is 0 Å². The van der Waals surface area contributed by atoms with E-state index in [-0.39, 0.29) is 18.4 Å². The molecule has 5 heteroatoms. The van der Waals surface area contributed by atoms with Gasteiger partial charge in [-0.1, -0.05) is 12.8 Å². The SMILES string of the molecule is CCN(CC(N)=O)C(=O)C1CCCC(CCN)C1. The first-order valence-electron chi connectivity index (χ1n) is 6.85. The second kappa shape index (κ2) is 7.36. The maximum absolute atomic E-state index is 12.3. The van der Waals surface area contributed by atoms with Crippen LogP contribution >= 0.6 is 0 Å². The molecular formula is C13H25N3O2. The van der Waals surface area contributed by atoms with Crippen molar-refractivity contribution in [1.29, 1.82) is 0 Å². The molecule has 2 amide bonds. The van der Waals surface area contributed by atoms with E-state index >= 15 is 0 Å². The third kappa shape index (κ3) is 4.29. The van der Waals surface area contributed by atoms with E-state index in [1.807, 2.05) is 6.92 Å². The average molecular weight is 255 g/mol. The third-order valence-electron chi connectivity index (χ3n) is 3.75. The number of primary amides is 1. The van der Waals surface area contributed by atoms with E-state index in [9.17, 15) is 9.59 Å². The van der Waals surface area contributed by atoms with E-state index in [1.54, 1.807) is 4.90 Å². The molecule has 0 aromatic rings. The minimum Gasteiger partial charge on any atom is -0.368 e. The maximum atomic E-state index is 12.3. The minimum atomic E-state index is -0.445. The van der Waals surface area contributed by atoms with Gasteiger partial charge in [0.2, 0.25) is 11.8 Å². The number of nitrogens with zero attached hydrogens (tertiary/aromatic N) is 1. The summed E-state index contributed by atoms with van der Waals surface area (Å²) in [5, 5.41) is 0. The van der Waals surface area contributed by atoms with Gasteiger partial charge in [0.15, 0.2) is 0 Å². The van der Waals surface area contributed by atoms with Crippen molar-refractivity contribution in [1.82, 2.24) is 4.90 Å². The van der Waals surface area contributed by atoms with Crippen molar-refractivity contribution >= 4 is 11.8 Å². The van der Waals surface area contributed by atoms with Crippen molar-refractivity contribution in [2.24, 2.45) is 23.3 Å². The topological polar surface area (TPSA) is 89.4 Å². The molecule has 104 valence electrons. The van der Waals surface area contributed by atoms with Gasteiger partial charge in [-0.25, -0.2) is 0 Å². The van der Waals surface area contributed by atoms with Gasteiger partial charge in [-0.15, -0.1) is 0 Å². The molecule has 0 radical (unpaired) electrons. The fourth-order valence-electron chi connectivity index (χ4n) is 2.81. The largest absolute Gasteiger partial charge is 0.368 e. The van der Waals surface area contributed by atoms with Gasteiger partial charge in [-0.05, 0) is 38.6 Å². The Hall–Kier alpha value is -1.10. The van der Waals surface area contributed by atoms with E-state index in [2.05, 4.69) is 0 Å². The Bertz CT molecular complexity index is 292. The fourth-order valence-corrected chi connectivity index (χ4v) is 2.81. The zero-order valence-electron chi connectivity index (χ0n) is 11.2. The van der Waals surface area contributed by atoms with Gasteiger partial charge in [0.25, 0.3) is 0 Å². The number of hydrogen-bond acceptors (Lipinski definition) is 3. The van der Waals surface area contributed by atoms with E-state index in [0.29, 0.717) is 19.0 Å². The lowest BCUT2D eigenvalue weighted by Gasteiger charge is -2.31. The molecule has 0 aromatic heterocycles. The lowest BCUT2D eigenvalue weighted by atomic mass is 9.79. The molecule has 1 rings (SSSR count). The smallest absolute Gasteiger partial charge is 0.237 e. The third-order valence-corrected chi connectivity index (χ3v) is 3.75. The van der Waals surface area contributed by atoms with Crippen LogP contribution in [-0.4, -0.2) is 36.3 Å². The summed E-state index contributed by atoms with van der Waals surface area (Å²) in [5.74, 6) is 0.247. The predicted octanol–water partition coefficient (Wildman–Crippen LogP) is 0.475. The van der Waals surface area contributed by atoms with E-state index in [1.165, 1.54) is 6.42 Å².